The van der Waals surface area contributed by atoms with E-state index < -0.39 is 4.92 Å². The van der Waals surface area contributed by atoms with Gasteiger partial charge >= 0.3 is 0 Å². The van der Waals surface area contributed by atoms with Gasteiger partial charge in [-0.3, -0.25) is 10.1 Å². The summed E-state index contributed by atoms with van der Waals surface area (Å²) in [7, 11) is 0. The van der Waals surface area contributed by atoms with E-state index in [1.54, 1.807) is 24.6 Å². The fourth-order valence-electron chi connectivity index (χ4n) is 1.43. The van der Waals surface area contributed by atoms with E-state index in [-0.39, 0.29) is 5.69 Å². The lowest BCUT2D eigenvalue weighted by molar-refractivity contribution is -0.384. The number of benzene rings is 2. The lowest BCUT2D eigenvalue weighted by Crippen LogP contribution is -1.88. The molecule has 0 atom stereocenters. The predicted octanol–water partition coefficient (Wildman–Crippen LogP) is 3.81. The van der Waals surface area contributed by atoms with Crippen LogP contribution in [0.2, 0.25) is 0 Å². The molecule has 0 amide bonds. The van der Waals surface area contributed by atoms with Gasteiger partial charge in [-0.15, -0.1) is 0 Å². The highest BCUT2D eigenvalue weighted by molar-refractivity contribution is 9.10. The van der Waals surface area contributed by atoms with Gasteiger partial charge in [0, 0.05) is 16.6 Å². The highest BCUT2D eigenvalue weighted by Gasteiger charge is 2.02. The van der Waals surface area contributed by atoms with Crippen LogP contribution in [0.25, 0.3) is 0 Å². The molecule has 0 spiro atoms. The van der Waals surface area contributed by atoms with E-state index in [0.717, 1.165) is 15.6 Å². The number of nitro benzene ring substituents is 1. The monoisotopic (exact) mass is 331 g/mol. The van der Waals surface area contributed by atoms with Gasteiger partial charge in [0.25, 0.3) is 5.69 Å². The third-order valence-corrected chi connectivity index (χ3v) is 2.98. The molecule has 0 unspecified atom stereocenters. The van der Waals surface area contributed by atoms with Gasteiger partial charge < -0.3 is 0 Å². The second-order valence-electron chi connectivity index (χ2n) is 3.89. The Hall–Kier alpha value is -2.34. The number of hydrogen-bond donors (Lipinski definition) is 0. The van der Waals surface area contributed by atoms with E-state index in [9.17, 15) is 10.1 Å². The van der Waals surface area contributed by atoms with E-state index in [4.69, 9.17) is 0 Å². The van der Waals surface area contributed by atoms with Crippen molar-refractivity contribution in [2.45, 2.75) is 0 Å². The molecule has 0 aromatic heterocycles. The van der Waals surface area contributed by atoms with E-state index in [1.165, 1.54) is 12.1 Å². The first-order valence-electron chi connectivity index (χ1n) is 5.71. The van der Waals surface area contributed by atoms with Gasteiger partial charge in [-0.1, -0.05) is 28.1 Å². The second-order valence-corrected chi connectivity index (χ2v) is 4.81. The van der Waals surface area contributed by atoms with Gasteiger partial charge in [0.2, 0.25) is 0 Å². The number of halogens is 1. The molecule has 20 heavy (non-hydrogen) atoms. The molecule has 0 radical (unpaired) electrons. The quantitative estimate of drug-likeness (QED) is 0.485. The first kappa shape index (κ1) is 14.1. The fraction of sp³-hybridized carbons (Fsp3) is 0. The van der Waals surface area contributed by atoms with E-state index in [0.29, 0.717) is 0 Å². The summed E-state index contributed by atoms with van der Waals surface area (Å²) in [4.78, 5) is 10.1. The minimum atomic E-state index is -0.438. The van der Waals surface area contributed by atoms with Crippen LogP contribution in [0.4, 0.5) is 5.69 Å². The highest BCUT2D eigenvalue weighted by atomic mass is 79.9. The highest BCUT2D eigenvalue weighted by Crippen LogP contribution is 2.11. The topological polar surface area (TPSA) is 67.9 Å². The average Bonchev–Trinajstić information content (AvgIpc) is 2.46. The summed E-state index contributed by atoms with van der Waals surface area (Å²) in [5.74, 6) is 0. The lowest BCUT2D eigenvalue weighted by atomic mass is 10.2. The normalized spacial score (nSPS) is 11.2. The molecule has 5 nitrogen and oxygen atoms in total. The zero-order chi connectivity index (χ0) is 14.4. The van der Waals surface area contributed by atoms with Crippen LogP contribution in [0.5, 0.6) is 0 Å². The van der Waals surface area contributed by atoms with Crippen molar-refractivity contribution in [2.24, 2.45) is 10.2 Å². The summed E-state index contributed by atoms with van der Waals surface area (Å²) >= 11 is 3.35. The van der Waals surface area contributed by atoms with E-state index >= 15 is 0 Å². The Labute approximate surface area is 123 Å². The third kappa shape index (κ3) is 4.10. The fourth-order valence-corrected chi connectivity index (χ4v) is 1.70. The molecule has 0 fully saturated rings. The first-order valence-corrected chi connectivity index (χ1v) is 6.51. The van der Waals surface area contributed by atoms with Gasteiger partial charge in [-0.25, -0.2) is 0 Å². The van der Waals surface area contributed by atoms with Crippen LogP contribution >= 0.6 is 15.9 Å². The van der Waals surface area contributed by atoms with Crippen LogP contribution in [0.3, 0.4) is 0 Å². The zero-order valence-corrected chi connectivity index (χ0v) is 11.9. The molecule has 0 aliphatic rings. The van der Waals surface area contributed by atoms with Gasteiger partial charge in [0.15, 0.2) is 0 Å². The third-order valence-electron chi connectivity index (χ3n) is 2.45. The molecule has 0 aliphatic heterocycles. The molecule has 2 aromatic rings. The molecule has 100 valence electrons. The number of nitrogens with zero attached hydrogens (tertiary/aromatic N) is 3. The molecule has 0 heterocycles. The summed E-state index contributed by atoms with van der Waals surface area (Å²) in [6, 6.07) is 13.8. The van der Waals surface area contributed by atoms with Crippen molar-refractivity contribution < 1.29 is 4.92 Å². The lowest BCUT2D eigenvalue weighted by Gasteiger charge is -1.92. The molecule has 2 rings (SSSR count). The van der Waals surface area contributed by atoms with Gasteiger partial charge in [0.1, 0.15) is 0 Å². The van der Waals surface area contributed by atoms with E-state index in [2.05, 4.69) is 26.1 Å². The summed E-state index contributed by atoms with van der Waals surface area (Å²) in [5, 5.41) is 18.3. The SMILES string of the molecule is O=[N+]([O-])c1ccc(/C=N/N=C\c2ccc(Br)cc2)cc1. The molecule has 0 bridgehead atoms. The minimum absolute atomic E-state index is 0.0560. The number of nitro groups is 1. The van der Waals surface area contributed by atoms with Crippen LogP contribution in [-0.2, 0) is 0 Å². The van der Waals surface area contributed by atoms with Crippen LogP contribution in [-0.4, -0.2) is 17.4 Å². The summed E-state index contributed by atoms with van der Waals surface area (Å²) in [6.07, 6.45) is 3.17. The Morgan fingerprint density at radius 1 is 0.900 bits per heavy atom. The number of non-ortho nitro benzene ring substituents is 1. The maximum Gasteiger partial charge on any atom is 0.269 e. The van der Waals surface area contributed by atoms with Crippen molar-refractivity contribution in [3.63, 3.8) is 0 Å². The summed E-state index contributed by atoms with van der Waals surface area (Å²) in [6.45, 7) is 0. The maximum absolute atomic E-state index is 10.5. The minimum Gasteiger partial charge on any atom is -0.258 e. The Kier molecular flexibility index (Phi) is 4.73. The standard InChI is InChI=1S/C14H10BrN3O2/c15-13-5-1-11(2-6-13)9-16-17-10-12-3-7-14(8-4-12)18(19)20/h1-10H/b16-9-,17-10+. The van der Waals surface area contributed by atoms with Crippen molar-refractivity contribution in [1.29, 1.82) is 0 Å². The van der Waals surface area contributed by atoms with Crippen molar-refractivity contribution in [1.82, 2.24) is 0 Å². The van der Waals surface area contributed by atoms with Crippen molar-refractivity contribution in [3.05, 3.63) is 74.2 Å². The van der Waals surface area contributed by atoms with Gasteiger partial charge in [0.05, 0.1) is 17.4 Å². The molecular formula is C14H10BrN3O2. The zero-order valence-electron chi connectivity index (χ0n) is 10.3. The number of hydrogen-bond acceptors (Lipinski definition) is 4. The van der Waals surface area contributed by atoms with Crippen LogP contribution < -0.4 is 0 Å². The smallest absolute Gasteiger partial charge is 0.258 e. The first-order chi connectivity index (χ1) is 9.65. The molecule has 0 N–H and O–H groups in total. The molecule has 0 aliphatic carbocycles. The largest absolute Gasteiger partial charge is 0.269 e. The van der Waals surface area contributed by atoms with Crippen molar-refractivity contribution in [2.75, 3.05) is 0 Å². The van der Waals surface area contributed by atoms with Crippen LogP contribution in [0.1, 0.15) is 11.1 Å². The molecule has 2 aromatic carbocycles. The van der Waals surface area contributed by atoms with Crippen molar-refractivity contribution >= 4 is 34.0 Å². The van der Waals surface area contributed by atoms with E-state index in [1.807, 2.05) is 24.3 Å². The Bertz CT molecular complexity index is 649. The Morgan fingerprint density at radius 2 is 1.35 bits per heavy atom. The number of rotatable bonds is 4. The predicted molar refractivity (Wildman–Crippen MR) is 82.4 cm³/mol. The molecule has 0 saturated carbocycles. The summed E-state index contributed by atoms with van der Waals surface area (Å²) < 4.78 is 1.00. The van der Waals surface area contributed by atoms with Crippen LogP contribution in [0.15, 0.2) is 63.2 Å². The molecule has 0 saturated heterocycles. The average molecular weight is 332 g/mol. The van der Waals surface area contributed by atoms with Gasteiger partial charge in [-0.05, 0) is 35.4 Å². The van der Waals surface area contributed by atoms with Crippen molar-refractivity contribution in [3.8, 4) is 0 Å². The Balaban J connectivity index is 1.99. The summed E-state index contributed by atoms with van der Waals surface area (Å²) in [5.41, 5.74) is 1.75. The van der Waals surface area contributed by atoms with Crippen LogP contribution in [0, 0.1) is 10.1 Å². The molecular weight excluding hydrogens is 322 g/mol. The van der Waals surface area contributed by atoms with Gasteiger partial charge in [-0.2, -0.15) is 10.2 Å². The maximum atomic E-state index is 10.5. The Morgan fingerprint density at radius 3 is 1.80 bits per heavy atom. The second kappa shape index (κ2) is 6.72. The molecule has 6 heteroatoms.